The minimum Gasteiger partial charge on any atom is -0.493 e. The van der Waals surface area contributed by atoms with E-state index in [0.29, 0.717) is 22.7 Å². The lowest BCUT2D eigenvalue weighted by molar-refractivity contribution is -0.122. The summed E-state index contributed by atoms with van der Waals surface area (Å²) in [4.78, 5) is 38.2. The predicted octanol–water partition coefficient (Wildman–Crippen LogP) is 2.68. The van der Waals surface area contributed by atoms with Crippen LogP contribution in [0.2, 0.25) is 0 Å². The number of amides is 4. The molecule has 4 amide bonds. The van der Waals surface area contributed by atoms with E-state index in [1.54, 1.807) is 42.5 Å². The van der Waals surface area contributed by atoms with Gasteiger partial charge in [-0.05, 0) is 42.8 Å². The predicted molar refractivity (Wildman–Crippen MR) is 99.7 cm³/mol. The number of nitrogens with zero attached hydrogens (tertiary/aromatic N) is 1. The van der Waals surface area contributed by atoms with E-state index >= 15 is 0 Å². The van der Waals surface area contributed by atoms with Gasteiger partial charge in [0.2, 0.25) is 0 Å². The van der Waals surface area contributed by atoms with Crippen LogP contribution in [-0.4, -0.2) is 32.1 Å². The molecule has 2 aromatic rings. The van der Waals surface area contributed by atoms with Crippen molar-refractivity contribution in [1.82, 2.24) is 5.32 Å². The van der Waals surface area contributed by atoms with Gasteiger partial charge in [0.1, 0.15) is 5.57 Å². The summed E-state index contributed by atoms with van der Waals surface area (Å²) in [6.07, 6.45) is 1.41. The van der Waals surface area contributed by atoms with Crippen LogP contribution in [0, 0.1) is 6.92 Å². The van der Waals surface area contributed by atoms with E-state index in [2.05, 4.69) is 5.32 Å². The van der Waals surface area contributed by atoms with Gasteiger partial charge in [0.25, 0.3) is 11.8 Å². The second-order valence-corrected chi connectivity index (χ2v) is 5.91. The SMILES string of the molecule is COc1ccc(/C=C2/C(=O)NC(=O)N(c3ccc(C)cc3)C2=O)cc1OC. The highest BCUT2D eigenvalue weighted by molar-refractivity contribution is 6.39. The molecule has 0 radical (unpaired) electrons. The lowest BCUT2D eigenvalue weighted by Gasteiger charge is -2.26. The number of carbonyl (C=O) groups is 3. The van der Waals surface area contributed by atoms with Crippen molar-refractivity contribution in [2.24, 2.45) is 0 Å². The number of anilines is 1. The quantitative estimate of drug-likeness (QED) is 0.664. The maximum Gasteiger partial charge on any atom is 0.335 e. The Morgan fingerprint density at radius 3 is 2.22 bits per heavy atom. The lowest BCUT2D eigenvalue weighted by Crippen LogP contribution is -2.54. The maximum atomic E-state index is 12.8. The van der Waals surface area contributed by atoms with Crippen LogP contribution >= 0.6 is 0 Å². The number of barbiturate groups is 1. The average Bonchev–Trinajstić information content (AvgIpc) is 2.66. The van der Waals surface area contributed by atoms with Gasteiger partial charge in [-0.15, -0.1) is 0 Å². The van der Waals surface area contributed by atoms with Gasteiger partial charge in [-0.1, -0.05) is 23.8 Å². The fraction of sp³-hybridized carbons (Fsp3) is 0.150. The van der Waals surface area contributed by atoms with Crippen molar-refractivity contribution in [3.05, 3.63) is 59.2 Å². The smallest absolute Gasteiger partial charge is 0.335 e. The van der Waals surface area contributed by atoms with Crippen molar-refractivity contribution in [2.75, 3.05) is 19.1 Å². The summed E-state index contributed by atoms with van der Waals surface area (Å²) in [6.45, 7) is 1.90. The molecule has 1 saturated heterocycles. The van der Waals surface area contributed by atoms with Gasteiger partial charge >= 0.3 is 6.03 Å². The number of rotatable bonds is 4. The molecule has 7 heteroatoms. The fourth-order valence-corrected chi connectivity index (χ4v) is 2.70. The molecule has 138 valence electrons. The summed E-state index contributed by atoms with van der Waals surface area (Å²) in [5.41, 5.74) is 1.78. The molecule has 1 fully saturated rings. The first-order valence-corrected chi connectivity index (χ1v) is 8.14. The van der Waals surface area contributed by atoms with E-state index < -0.39 is 17.8 Å². The number of hydrogen-bond acceptors (Lipinski definition) is 5. The summed E-state index contributed by atoms with van der Waals surface area (Å²) in [7, 11) is 3.00. The number of carbonyl (C=O) groups excluding carboxylic acids is 3. The highest BCUT2D eigenvalue weighted by Crippen LogP contribution is 2.29. The van der Waals surface area contributed by atoms with E-state index in [1.165, 1.54) is 20.3 Å². The van der Waals surface area contributed by atoms with Gasteiger partial charge in [-0.25, -0.2) is 9.69 Å². The fourth-order valence-electron chi connectivity index (χ4n) is 2.70. The zero-order valence-corrected chi connectivity index (χ0v) is 15.1. The maximum absolute atomic E-state index is 12.8. The first-order chi connectivity index (χ1) is 12.9. The number of ether oxygens (including phenoxy) is 2. The summed E-state index contributed by atoms with van der Waals surface area (Å²) < 4.78 is 10.4. The Bertz CT molecular complexity index is 947. The van der Waals surface area contributed by atoms with Gasteiger partial charge in [0.15, 0.2) is 11.5 Å². The van der Waals surface area contributed by atoms with Gasteiger partial charge in [-0.2, -0.15) is 0 Å². The Hall–Kier alpha value is -3.61. The molecule has 1 aliphatic rings. The number of aryl methyl sites for hydroxylation is 1. The second-order valence-electron chi connectivity index (χ2n) is 5.91. The molecule has 1 N–H and O–H groups in total. The molecular formula is C20H18N2O5. The Kier molecular flexibility index (Phi) is 4.94. The summed E-state index contributed by atoms with van der Waals surface area (Å²) >= 11 is 0. The van der Waals surface area contributed by atoms with Gasteiger partial charge < -0.3 is 9.47 Å². The van der Waals surface area contributed by atoms with Crippen LogP contribution in [0.25, 0.3) is 6.08 Å². The normalized spacial score (nSPS) is 15.7. The van der Waals surface area contributed by atoms with Crippen molar-refractivity contribution in [3.8, 4) is 11.5 Å². The summed E-state index contributed by atoms with van der Waals surface area (Å²) in [6, 6.07) is 11.1. The van der Waals surface area contributed by atoms with Gasteiger partial charge in [0.05, 0.1) is 19.9 Å². The Balaban J connectivity index is 2.00. The summed E-state index contributed by atoms with van der Waals surface area (Å²) in [5.74, 6) is -0.456. The first kappa shape index (κ1) is 18.2. The Labute approximate surface area is 156 Å². The monoisotopic (exact) mass is 366 g/mol. The van der Waals surface area contributed by atoms with Crippen molar-refractivity contribution < 1.29 is 23.9 Å². The first-order valence-electron chi connectivity index (χ1n) is 8.14. The standard InChI is InChI=1S/C20H18N2O5/c1-12-4-7-14(8-5-12)22-19(24)15(18(23)21-20(22)25)10-13-6-9-16(26-2)17(11-13)27-3/h4-11H,1-3H3,(H,21,23,25)/b15-10-. The molecule has 0 aromatic heterocycles. The molecule has 0 saturated carbocycles. The molecule has 0 bridgehead atoms. The van der Waals surface area contributed by atoms with E-state index in [9.17, 15) is 14.4 Å². The molecular weight excluding hydrogens is 348 g/mol. The van der Waals surface area contributed by atoms with Crippen LogP contribution < -0.4 is 19.7 Å². The molecule has 1 heterocycles. The van der Waals surface area contributed by atoms with E-state index in [0.717, 1.165) is 10.5 Å². The van der Waals surface area contributed by atoms with Gasteiger partial charge in [-0.3, -0.25) is 14.9 Å². The number of urea groups is 1. The number of benzene rings is 2. The van der Waals surface area contributed by atoms with Crippen molar-refractivity contribution in [1.29, 1.82) is 0 Å². The molecule has 0 atom stereocenters. The van der Waals surface area contributed by atoms with Crippen molar-refractivity contribution in [2.45, 2.75) is 6.92 Å². The topological polar surface area (TPSA) is 84.9 Å². The van der Waals surface area contributed by atoms with Crippen LogP contribution in [0.3, 0.4) is 0 Å². The van der Waals surface area contributed by atoms with Crippen LogP contribution in [0.1, 0.15) is 11.1 Å². The number of nitrogens with one attached hydrogen (secondary N) is 1. The zero-order chi connectivity index (χ0) is 19.6. The van der Waals surface area contributed by atoms with Crippen LogP contribution in [0.5, 0.6) is 11.5 Å². The van der Waals surface area contributed by atoms with Crippen molar-refractivity contribution >= 4 is 29.6 Å². The van der Waals surface area contributed by atoms with Gasteiger partial charge in [0, 0.05) is 0 Å². The van der Waals surface area contributed by atoms with E-state index in [1.807, 2.05) is 6.92 Å². The minimum atomic E-state index is -0.779. The highest BCUT2D eigenvalue weighted by atomic mass is 16.5. The molecule has 0 aliphatic carbocycles. The zero-order valence-electron chi connectivity index (χ0n) is 15.1. The molecule has 0 spiro atoms. The van der Waals surface area contributed by atoms with E-state index in [-0.39, 0.29) is 5.57 Å². The van der Waals surface area contributed by atoms with E-state index in [4.69, 9.17) is 9.47 Å². The lowest BCUT2D eigenvalue weighted by atomic mass is 10.1. The molecule has 3 rings (SSSR count). The van der Waals surface area contributed by atoms with Crippen LogP contribution in [-0.2, 0) is 9.59 Å². The average molecular weight is 366 g/mol. The molecule has 0 unspecified atom stereocenters. The molecule has 7 nitrogen and oxygen atoms in total. The third-order valence-electron chi connectivity index (χ3n) is 4.11. The molecule has 2 aromatic carbocycles. The number of methoxy groups -OCH3 is 2. The third-order valence-corrected chi connectivity index (χ3v) is 4.11. The Morgan fingerprint density at radius 2 is 1.59 bits per heavy atom. The second kappa shape index (κ2) is 7.33. The molecule has 27 heavy (non-hydrogen) atoms. The largest absolute Gasteiger partial charge is 0.493 e. The Morgan fingerprint density at radius 1 is 0.926 bits per heavy atom. The highest BCUT2D eigenvalue weighted by Gasteiger charge is 2.36. The van der Waals surface area contributed by atoms with Crippen molar-refractivity contribution in [3.63, 3.8) is 0 Å². The minimum absolute atomic E-state index is 0.151. The number of hydrogen-bond donors (Lipinski definition) is 1. The van der Waals surface area contributed by atoms with Crippen LogP contribution in [0.4, 0.5) is 10.5 Å². The summed E-state index contributed by atoms with van der Waals surface area (Å²) in [5, 5.41) is 2.20. The van der Waals surface area contributed by atoms with Crippen LogP contribution in [0.15, 0.2) is 48.0 Å². The number of imide groups is 2. The molecule has 1 aliphatic heterocycles. The third kappa shape index (κ3) is 3.52.